The molecule has 120 valence electrons. The van der Waals surface area contributed by atoms with Crippen molar-refractivity contribution >= 4 is 11.6 Å². The second-order valence-electron chi connectivity index (χ2n) is 5.85. The number of para-hydroxylation sites is 1. The fraction of sp³-hybridized carbons (Fsp3) is 0.316. The Morgan fingerprint density at radius 1 is 1.22 bits per heavy atom. The van der Waals surface area contributed by atoms with Crippen molar-refractivity contribution in [2.24, 2.45) is 0 Å². The van der Waals surface area contributed by atoms with Gasteiger partial charge in [-0.1, -0.05) is 25.1 Å². The summed E-state index contributed by atoms with van der Waals surface area (Å²) >= 11 is 0. The van der Waals surface area contributed by atoms with Crippen LogP contribution in [-0.4, -0.2) is 19.1 Å². The molecule has 0 radical (unpaired) electrons. The number of rotatable bonds is 4. The topological polar surface area (TPSA) is 29.5 Å². The fourth-order valence-corrected chi connectivity index (χ4v) is 2.93. The number of anilines is 1. The van der Waals surface area contributed by atoms with Crippen LogP contribution in [0.3, 0.4) is 0 Å². The van der Waals surface area contributed by atoms with E-state index in [0.29, 0.717) is 24.7 Å². The number of fused-ring (bicyclic) bond motifs is 1. The van der Waals surface area contributed by atoms with E-state index >= 15 is 0 Å². The van der Waals surface area contributed by atoms with E-state index in [1.165, 1.54) is 17.7 Å². The molecule has 0 fully saturated rings. The van der Waals surface area contributed by atoms with Crippen molar-refractivity contribution in [1.82, 2.24) is 0 Å². The highest BCUT2D eigenvalue weighted by molar-refractivity contribution is 5.94. The molecule has 3 nitrogen and oxygen atoms in total. The maximum atomic E-state index is 12.8. The average Bonchev–Trinajstić information content (AvgIpc) is 2.57. The van der Waals surface area contributed by atoms with E-state index in [1.54, 1.807) is 12.1 Å². The average molecular weight is 313 g/mol. The zero-order valence-corrected chi connectivity index (χ0v) is 13.2. The molecule has 0 bridgehead atoms. The first-order valence-electron chi connectivity index (χ1n) is 7.93. The molecule has 1 aliphatic rings. The van der Waals surface area contributed by atoms with Crippen LogP contribution in [0.5, 0.6) is 5.75 Å². The number of carbonyl (C=O) groups excluding carboxylic acids is 1. The zero-order chi connectivity index (χ0) is 16.2. The maximum absolute atomic E-state index is 12.8. The second kappa shape index (κ2) is 6.82. The Morgan fingerprint density at radius 2 is 1.96 bits per heavy atom. The fourth-order valence-electron chi connectivity index (χ4n) is 2.93. The lowest BCUT2D eigenvalue weighted by Crippen LogP contribution is -2.36. The summed E-state index contributed by atoms with van der Waals surface area (Å²) in [6.45, 7) is 3.23. The van der Waals surface area contributed by atoms with Gasteiger partial charge in [-0.3, -0.25) is 4.79 Å². The first-order chi connectivity index (χ1) is 11.1. The predicted octanol–water partition coefficient (Wildman–Crippen LogP) is 4.14. The Labute approximate surface area is 135 Å². The highest BCUT2D eigenvalue weighted by Gasteiger charge is 2.25. The van der Waals surface area contributed by atoms with Crippen LogP contribution >= 0.6 is 0 Å². The lowest BCUT2D eigenvalue weighted by atomic mass is 9.91. The molecule has 2 aromatic rings. The Hall–Kier alpha value is -2.36. The van der Waals surface area contributed by atoms with E-state index in [1.807, 2.05) is 23.1 Å². The quantitative estimate of drug-likeness (QED) is 0.849. The molecule has 1 atom stereocenters. The molecule has 0 N–H and O–H groups in total. The van der Waals surface area contributed by atoms with Gasteiger partial charge in [0, 0.05) is 12.2 Å². The zero-order valence-electron chi connectivity index (χ0n) is 13.2. The second-order valence-corrected chi connectivity index (χ2v) is 5.85. The third-order valence-corrected chi connectivity index (χ3v) is 4.24. The van der Waals surface area contributed by atoms with Crippen LogP contribution in [0.15, 0.2) is 48.5 Å². The van der Waals surface area contributed by atoms with Gasteiger partial charge in [-0.25, -0.2) is 4.39 Å². The number of nitrogens with zero attached hydrogens (tertiary/aromatic N) is 1. The van der Waals surface area contributed by atoms with Gasteiger partial charge in [0.1, 0.15) is 11.6 Å². The summed E-state index contributed by atoms with van der Waals surface area (Å²) in [6, 6.07) is 13.9. The van der Waals surface area contributed by atoms with Gasteiger partial charge in [-0.2, -0.15) is 0 Å². The lowest BCUT2D eigenvalue weighted by molar-refractivity contribution is -0.119. The molecule has 1 aliphatic heterocycles. The van der Waals surface area contributed by atoms with Gasteiger partial charge in [0.2, 0.25) is 5.91 Å². The summed E-state index contributed by atoms with van der Waals surface area (Å²) in [5.74, 6) is 0.816. The van der Waals surface area contributed by atoms with Crippen molar-refractivity contribution in [2.45, 2.75) is 25.7 Å². The molecule has 0 saturated carbocycles. The van der Waals surface area contributed by atoms with E-state index in [-0.39, 0.29) is 11.7 Å². The Kier molecular flexibility index (Phi) is 4.60. The summed E-state index contributed by atoms with van der Waals surface area (Å²) in [7, 11) is 0. The summed E-state index contributed by atoms with van der Waals surface area (Å²) < 4.78 is 18.4. The smallest absolute Gasteiger partial charge is 0.230 e. The van der Waals surface area contributed by atoms with Crippen LogP contribution in [0.25, 0.3) is 0 Å². The van der Waals surface area contributed by atoms with Crippen molar-refractivity contribution in [3.05, 3.63) is 59.9 Å². The Balaban J connectivity index is 1.60. The van der Waals surface area contributed by atoms with E-state index in [0.717, 1.165) is 18.7 Å². The molecular weight excluding hydrogens is 293 g/mol. The highest BCUT2D eigenvalue weighted by Crippen LogP contribution is 2.34. The first kappa shape index (κ1) is 15.5. The number of ether oxygens (including phenoxy) is 1. The van der Waals surface area contributed by atoms with Crippen molar-refractivity contribution in [2.75, 3.05) is 18.1 Å². The van der Waals surface area contributed by atoms with Gasteiger partial charge in [-0.05, 0) is 48.2 Å². The van der Waals surface area contributed by atoms with E-state index in [9.17, 15) is 9.18 Å². The van der Waals surface area contributed by atoms with Gasteiger partial charge < -0.3 is 9.64 Å². The standard InChI is InChI=1S/C19H20FNO2/c1-14-10-12-21(18-5-3-2-4-17(14)18)19(22)11-13-23-16-8-6-15(20)7-9-16/h2-9,14H,10-13H2,1H3. The molecule has 0 saturated heterocycles. The number of hydrogen-bond donors (Lipinski definition) is 0. The number of halogens is 1. The molecule has 0 aliphatic carbocycles. The van der Waals surface area contributed by atoms with Gasteiger partial charge in [0.05, 0.1) is 13.0 Å². The van der Waals surface area contributed by atoms with Crippen LogP contribution in [0.2, 0.25) is 0 Å². The molecule has 23 heavy (non-hydrogen) atoms. The van der Waals surface area contributed by atoms with Gasteiger partial charge >= 0.3 is 0 Å². The first-order valence-corrected chi connectivity index (χ1v) is 7.93. The third kappa shape index (κ3) is 3.52. The molecule has 1 amide bonds. The van der Waals surface area contributed by atoms with Crippen LogP contribution in [0.4, 0.5) is 10.1 Å². The minimum absolute atomic E-state index is 0.0615. The SMILES string of the molecule is CC1CCN(C(=O)CCOc2ccc(F)cc2)c2ccccc21. The van der Waals surface area contributed by atoms with Gasteiger partial charge in [0.25, 0.3) is 0 Å². The number of benzene rings is 2. The normalized spacial score (nSPS) is 16.8. The summed E-state index contributed by atoms with van der Waals surface area (Å²) in [5.41, 5.74) is 2.24. The molecular formula is C19H20FNO2. The van der Waals surface area contributed by atoms with E-state index < -0.39 is 0 Å². The van der Waals surface area contributed by atoms with Crippen LogP contribution in [0, 0.1) is 5.82 Å². The van der Waals surface area contributed by atoms with Crippen LogP contribution in [0.1, 0.15) is 31.2 Å². The minimum atomic E-state index is -0.299. The van der Waals surface area contributed by atoms with Crippen molar-refractivity contribution in [3.63, 3.8) is 0 Å². The van der Waals surface area contributed by atoms with Crippen molar-refractivity contribution in [1.29, 1.82) is 0 Å². The minimum Gasteiger partial charge on any atom is -0.493 e. The molecule has 0 spiro atoms. The summed E-state index contributed by atoms with van der Waals surface area (Å²) in [5, 5.41) is 0. The third-order valence-electron chi connectivity index (χ3n) is 4.24. The van der Waals surface area contributed by atoms with Crippen molar-refractivity contribution in [3.8, 4) is 5.75 Å². The number of carbonyl (C=O) groups is 1. The Bertz CT molecular complexity index is 684. The summed E-state index contributed by atoms with van der Waals surface area (Å²) in [6.07, 6.45) is 1.28. The molecule has 4 heteroatoms. The summed E-state index contributed by atoms with van der Waals surface area (Å²) in [4.78, 5) is 14.3. The van der Waals surface area contributed by atoms with Crippen molar-refractivity contribution < 1.29 is 13.9 Å². The van der Waals surface area contributed by atoms with Gasteiger partial charge in [-0.15, -0.1) is 0 Å². The Morgan fingerprint density at radius 3 is 2.74 bits per heavy atom. The molecule has 1 heterocycles. The van der Waals surface area contributed by atoms with E-state index in [2.05, 4.69) is 13.0 Å². The molecule has 1 unspecified atom stereocenters. The number of hydrogen-bond acceptors (Lipinski definition) is 2. The molecule has 0 aromatic heterocycles. The largest absolute Gasteiger partial charge is 0.493 e. The maximum Gasteiger partial charge on any atom is 0.230 e. The van der Waals surface area contributed by atoms with Crippen LogP contribution in [-0.2, 0) is 4.79 Å². The number of amides is 1. The van der Waals surface area contributed by atoms with Gasteiger partial charge in [0.15, 0.2) is 0 Å². The molecule has 3 rings (SSSR count). The lowest BCUT2D eigenvalue weighted by Gasteiger charge is -2.33. The predicted molar refractivity (Wildman–Crippen MR) is 88.3 cm³/mol. The highest BCUT2D eigenvalue weighted by atomic mass is 19.1. The van der Waals surface area contributed by atoms with Crippen LogP contribution < -0.4 is 9.64 Å². The van der Waals surface area contributed by atoms with E-state index in [4.69, 9.17) is 4.74 Å². The monoisotopic (exact) mass is 313 g/mol. The molecule has 2 aromatic carbocycles.